The van der Waals surface area contributed by atoms with E-state index in [1.165, 1.54) is 27.7 Å². The highest BCUT2D eigenvalue weighted by Gasteiger charge is 2.35. The Morgan fingerprint density at radius 3 is 2.55 bits per heavy atom. The van der Waals surface area contributed by atoms with Crippen molar-refractivity contribution in [1.29, 1.82) is 5.26 Å². The van der Waals surface area contributed by atoms with Crippen LogP contribution in [0.25, 0.3) is 16.6 Å². The van der Waals surface area contributed by atoms with E-state index in [1.54, 1.807) is 52.8 Å². The number of rotatable bonds is 3. The van der Waals surface area contributed by atoms with E-state index in [-0.39, 0.29) is 16.7 Å². The number of nitrogens with zero attached hydrogens (tertiary/aromatic N) is 4. The number of amides is 1. The molecule has 8 heteroatoms. The fourth-order valence-electron chi connectivity index (χ4n) is 3.82. The molecule has 0 saturated carbocycles. The van der Waals surface area contributed by atoms with E-state index in [9.17, 15) is 24.3 Å². The Bertz CT molecular complexity index is 1280. The minimum atomic E-state index is -1.20. The van der Waals surface area contributed by atoms with Gasteiger partial charge in [-0.05, 0) is 64.4 Å². The smallest absolute Gasteiger partial charge is 0.408 e. The summed E-state index contributed by atoms with van der Waals surface area (Å²) in [6, 6.07) is 10.2. The molecule has 0 aliphatic carbocycles. The number of halogens is 1. The number of aryl methyl sites for hydroxylation is 1. The van der Waals surface area contributed by atoms with Crippen LogP contribution in [0.2, 0.25) is 0 Å². The van der Waals surface area contributed by atoms with Crippen molar-refractivity contribution in [2.75, 3.05) is 0 Å². The first-order chi connectivity index (χ1) is 14.5. The predicted octanol–water partition coefficient (Wildman–Crippen LogP) is 4.54. The van der Waals surface area contributed by atoms with Crippen LogP contribution in [0, 0.1) is 24.1 Å². The van der Waals surface area contributed by atoms with Gasteiger partial charge in [0.2, 0.25) is 0 Å². The molecule has 0 unspecified atom stereocenters. The van der Waals surface area contributed by atoms with E-state index in [1.807, 2.05) is 6.07 Å². The minimum absolute atomic E-state index is 0.0643. The molecule has 1 atom stereocenters. The summed E-state index contributed by atoms with van der Waals surface area (Å²) in [7, 11) is 0. The van der Waals surface area contributed by atoms with E-state index in [0.717, 1.165) is 0 Å². The molecule has 1 amide bonds. The number of carbonyl (C=O) groups is 1. The lowest BCUT2D eigenvalue weighted by molar-refractivity contribution is 0.0719. The zero-order valence-electron chi connectivity index (χ0n) is 18.0. The molecule has 7 nitrogen and oxygen atoms in total. The number of benzene rings is 2. The van der Waals surface area contributed by atoms with Crippen LogP contribution >= 0.6 is 0 Å². The molecule has 3 aromatic rings. The van der Waals surface area contributed by atoms with Crippen LogP contribution in [0.4, 0.5) is 9.18 Å². The van der Waals surface area contributed by atoms with Crippen molar-refractivity contribution >= 4 is 17.0 Å². The largest absolute Gasteiger partial charge is 0.465 e. The third-order valence-electron chi connectivity index (χ3n) is 5.13. The molecule has 0 aliphatic heterocycles. The molecule has 3 rings (SSSR count). The molecule has 160 valence electrons. The van der Waals surface area contributed by atoms with E-state index in [2.05, 4.69) is 4.98 Å². The van der Waals surface area contributed by atoms with Crippen LogP contribution in [-0.2, 0) is 0 Å². The van der Waals surface area contributed by atoms with Crippen LogP contribution < -0.4 is 5.56 Å². The monoisotopic (exact) mass is 422 g/mol. The molecule has 0 fully saturated rings. The molecule has 0 bridgehead atoms. The highest BCUT2D eigenvalue weighted by atomic mass is 19.1. The van der Waals surface area contributed by atoms with Crippen LogP contribution in [0.3, 0.4) is 0 Å². The first-order valence-electron chi connectivity index (χ1n) is 9.72. The van der Waals surface area contributed by atoms with Gasteiger partial charge in [0.05, 0.1) is 28.7 Å². The highest BCUT2D eigenvalue weighted by molar-refractivity contribution is 5.82. The molecule has 1 N–H and O–H groups in total. The summed E-state index contributed by atoms with van der Waals surface area (Å²) in [4.78, 5) is 31.3. The third-order valence-corrected chi connectivity index (χ3v) is 5.13. The molecule has 31 heavy (non-hydrogen) atoms. The second-order valence-corrected chi connectivity index (χ2v) is 8.36. The van der Waals surface area contributed by atoms with Crippen LogP contribution in [0.1, 0.15) is 50.7 Å². The topological polar surface area (TPSA) is 99.2 Å². The lowest BCUT2D eigenvalue weighted by Gasteiger charge is -2.38. The zero-order valence-corrected chi connectivity index (χ0v) is 18.0. The Morgan fingerprint density at radius 2 is 1.97 bits per heavy atom. The lowest BCUT2D eigenvalue weighted by atomic mass is 10.0. The number of nitriles is 1. The quantitative estimate of drug-likeness (QED) is 0.668. The fraction of sp³-hybridized carbons (Fsp3) is 0.304. The van der Waals surface area contributed by atoms with Crippen LogP contribution in [-0.4, -0.2) is 31.2 Å². The Kier molecular flexibility index (Phi) is 5.55. The van der Waals surface area contributed by atoms with Gasteiger partial charge in [0.1, 0.15) is 17.2 Å². The van der Waals surface area contributed by atoms with Crippen LogP contribution in [0.15, 0.2) is 41.2 Å². The molecular formula is C23H23FN4O3. The summed E-state index contributed by atoms with van der Waals surface area (Å²) in [5.74, 6) is -0.601. The van der Waals surface area contributed by atoms with Gasteiger partial charge in [0.15, 0.2) is 0 Å². The first kappa shape index (κ1) is 22.0. The van der Waals surface area contributed by atoms with Gasteiger partial charge in [-0.3, -0.25) is 14.3 Å². The number of hydrogen-bond donors (Lipinski definition) is 1. The van der Waals surface area contributed by atoms with Gasteiger partial charge in [-0.15, -0.1) is 0 Å². The van der Waals surface area contributed by atoms with Crippen molar-refractivity contribution in [1.82, 2.24) is 14.5 Å². The second kappa shape index (κ2) is 7.84. The maximum Gasteiger partial charge on any atom is 0.408 e. The normalized spacial score (nSPS) is 12.4. The highest BCUT2D eigenvalue weighted by Crippen LogP contribution is 2.30. The van der Waals surface area contributed by atoms with Gasteiger partial charge in [0.25, 0.3) is 5.56 Å². The van der Waals surface area contributed by atoms with Crippen molar-refractivity contribution in [2.24, 2.45) is 0 Å². The summed E-state index contributed by atoms with van der Waals surface area (Å²) in [6.45, 7) is 8.46. The summed E-state index contributed by atoms with van der Waals surface area (Å²) in [5, 5.41) is 19.3. The number of fused-ring (bicyclic) bond motifs is 1. The minimum Gasteiger partial charge on any atom is -0.465 e. The molecule has 1 heterocycles. The summed E-state index contributed by atoms with van der Waals surface area (Å²) >= 11 is 0. The molecule has 0 saturated heterocycles. The molecule has 1 aromatic heterocycles. The Labute approximate surface area is 179 Å². The first-order valence-corrected chi connectivity index (χ1v) is 9.72. The van der Waals surface area contributed by atoms with Crippen LogP contribution in [0.5, 0.6) is 0 Å². The molecular weight excluding hydrogens is 399 g/mol. The fourth-order valence-corrected chi connectivity index (χ4v) is 3.82. The Balaban J connectivity index is 2.47. The summed E-state index contributed by atoms with van der Waals surface area (Å²) in [5.41, 5.74) is -0.239. The van der Waals surface area contributed by atoms with Crippen molar-refractivity contribution < 1.29 is 14.3 Å². The van der Waals surface area contributed by atoms with Gasteiger partial charge < -0.3 is 5.11 Å². The van der Waals surface area contributed by atoms with Crippen molar-refractivity contribution in [3.63, 3.8) is 0 Å². The molecule has 0 radical (unpaired) electrons. The number of hydrogen-bond acceptors (Lipinski definition) is 4. The standard InChI is InChI=1S/C23H23FN4O3/c1-13-9-10-17(24)19-18(13)21(29)27(16-8-6-7-15(11-16)12-25)20(26-19)14(2)28(22(30)31)23(3,4)5/h6-11,14H,1-5H3,(H,30,31)/t14-/m0/s1. The summed E-state index contributed by atoms with van der Waals surface area (Å²) in [6.07, 6.45) is -1.20. The van der Waals surface area contributed by atoms with E-state index < -0.39 is 29.1 Å². The number of aromatic nitrogens is 2. The third kappa shape index (κ3) is 3.87. The van der Waals surface area contributed by atoms with E-state index >= 15 is 0 Å². The molecule has 2 aromatic carbocycles. The Hall–Kier alpha value is -3.73. The maximum absolute atomic E-state index is 14.7. The van der Waals surface area contributed by atoms with Gasteiger partial charge in [-0.2, -0.15) is 5.26 Å². The molecule has 0 aliphatic rings. The van der Waals surface area contributed by atoms with Crippen molar-refractivity contribution in [3.8, 4) is 11.8 Å². The lowest BCUT2D eigenvalue weighted by Crippen LogP contribution is -2.47. The average Bonchev–Trinajstić information content (AvgIpc) is 2.68. The summed E-state index contributed by atoms with van der Waals surface area (Å²) < 4.78 is 15.9. The van der Waals surface area contributed by atoms with E-state index in [4.69, 9.17) is 0 Å². The predicted molar refractivity (Wildman–Crippen MR) is 115 cm³/mol. The van der Waals surface area contributed by atoms with Crippen molar-refractivity contribution in [2.45, 2.75) is 46.2 Å². The average molecular weight is 422 g/mol. The maximum atomic E-state index is 14.7. The zero-order chi connectivity index (χ0) is 23.1. The second-order valence-electron chi connectivity index (χ2n) is 8.36. The van der Waals surface area contributed by atoms with Gasteiger partial charge in [0, 0.05) is 5.54 Å². The number of carboxylic acid groups (broad SMARTS) is 1. The van der Waals surface area contributed by atoms with Gasteiger partial charge in [-0.1, -0.05) is 12.1 Å². The van der Waals surface area contributed by atoms with Gasteiger partial charge in [-0.25, -0.2) is 14.2 Å². The van der Waals surface area contributed by atoms with Gasteiger partial charge >= 0.3 is 6.09 Å². The Morgan fingerprint density at radius 1 is 1.29 bits per heavy atom. The van der Waals surface area contributed by atoms with E-state index in [0.29, 0.717) is 16.8 Å². The molecule has 0 spiro atoms. The van der Waals surface area contributed by atoms with Crippen molar-refractivity contribution in [3.05, 3.63) is 69.5 Å². The SMILES string of the molecule is Cc1ccc(F)c2nc([C@H](C)N(C(=O)O)C(C)(C)C)n(-c3cccc(C#N)c3)c(=O)c12.